The molecule has 156 valence electrons. The Hall–Kier alpha value is -2.53. The zero-order valence-electron chi connectivity index (χ0n) is 17.8. The van der Waals surface area contributed by atoms with Crippen molar-refractivity contribution in [2.45, 2.75) is 45.7 Å². The van der Waals surface area contributed by atoms with Crippen LogP contribution in [0.3, 0.4) is 0 Å². The van der Waals surface area contributed by atoms with Crippen LogP contribution in [0.15, 0.2) is 42.5 Å². The molecule has 2 N–H and O–H groups in total. The largest absolute Gasteiger partial charge is 0.497 e. The Labute approximate surface area is 173 Å². The normalized spacial score (nSPS) is 18.4. The predicted octanol–water partition coefficient (Wildman–Crippen LogP) is 3.77. The lowest BCUT2D eigenvalue weighted by atomic mass is 9.96. The molecule has 1 heterocycles. The molecule has 3 atom stereocenters. The summed E-state index contributed by atoms with van der Waals surface area (Å²) in [6.07, 6.45) is 2.05. The highest BCUT2D eigenvalue weighted by molar-refractivity contribution is 5.80. The minimum absolute atomic E-state index is 0.0198. The van der Waals surface area contributed by atoms with E-state index in [1.54, 1.807) is 7.11 Å². The van der Waals surface area contributed by atoms with Crippen LogP contribution in [0, 0.1) is 19.8 Å². The predicted molar refractivity (Wildman–Crippen MR) is 116 cm³/mol. The smallest absolute Gasteiger partial charge is 0.225 e. The minimum atomic E-state index is -0.384. The molecule has 0 saturated carbocycles. The maximum absolute atomic E-state index is 13.1. The Kier molecular flexibility index (Phi) is 6.80. The van der Waals surface area contributed by atoms with Gasteiger partial charge in [0.05, 0.1) is 25.7 Å². The molecule has 1 fully saturated rings. The third-order valence-corrected chi connectivity index (χ3v) is 5.98. The number of aliphatic hydroxyl groups is 1. The van der Waals surface area contributed by atoms with Gasteiger partial charge >= 0.3 is 0 Å². The number of hydrogen-bond donors (Lipinski definition) is 2. The number of ether oxygens (including phenoxy) is 1. The number of nitrogens with one attached hydrogen (secondary N) is 1. The van der Waals surface area contributed by atoms with Gasteiger partial charge in [0.2, 0.25) is 5.91 Å². The molecule has 3 rings (SSSR count). The number of carbonyl (C=O) groups is 1. The maximum Gasteiger partial charge on any atom is 0.225 e. The molecule has 2 aromatic rings. The van der Waals surface area contributed by atoms with E-state index in [0.29, 0.717) is 0 Å². The third-order valence-electron chi connectivity index (χ3n) is 5.98. The Morgan fingerprint density at radius 1 is 1.24 bits per heavy atom. The lowest BCUT2D eigenvalue weighted by Gasteiger charge is -2.34. The van der Waals surface area contributed by atoms with Crippen molar-refractivity contribution < 1.29 is 14.6 Å². The molecule has 0 aliphatic carbocycles. The number of benzene rings is 2. The van der Waals surface area contributed by atoms with E-state index in [0.717, 1.165) is 30.7 Å². The van der Waals surface area contributed by atoms with Gasteiger partial charge in [0.1, 0.15) is 5.75 Å². The molecule has 1 saturated heterocycles. The first kappa shape index (κ1) is 21.2. The monoisotopic (exact) mass is 396 g/mol. The summed E-state index contributed by atoms with van der Waals surface area (Å²) in [5.74, 6) is 0.656. The standard InChI is InChI=1S/C24H32N2O3/c1-16-13-20(29-4)14-17(2)23(16)26-12-8-11-22(26)18(3)24(28)25-21(15-27)19-9-6-5-7-10-19/h5-7,9-10,13-14,18,21-22,27H,8,11-12,15H2,1-4H3,(H,25,28)/t18-,21+,22-/m1/s1. The highest BCUT2D eigenvalue weighted by atomic mass is 16.5. The van der Waals surface area contributed by atoms with Crippen LogP contribution in [0.5, 0.6) is 5.75 Å². The van der Waals surface area contributed by atoms with E-state index in [1.807, 2.05) is 37.3 Å². The van der Waals surface area contributed by atoms with Crippen LogP contribution in [0.4, 0.5) is 5.69 Å². The van der Waals surface area contributed by atoms with E-state index in [-0.39, 0.29) is 30.5 Å². The number of carbonyl (C=O) groups excluding carboxylic acids is 1. The van der Waals surface area contributed by atoms with Gasteiger partial charge in [-0.3, -0.25) is 4.79 Å². The number of nitrogens with zero attached hydrogens (tertiary/aromatic N) is 1. The number of anilines is 1. The van der Waals surface area contributed by atoms with Gasteiger partial charge in [-0.2, -0.15) is 0 Å². The first-order valence-electron chi connectivity index (χ1n) is 10.3. The molecule has 0 spiro atoms. The van der Waals surface area contributed by atoms with Gasteiger partial charge < -0.3 is 20.1 Å². The van der Waals surface area contributed by atoms with E-state index in [9.17, 15) is 9.90 Å². The first-order valence-corrected chi connectivity index (χ1v) is 10.3. The van der Waals surface area contributed by atoms with Gasteiger partial charge in [-0.05, 0) is 55.5 Å². The van der Waals surface area contributed by atoms with Crippen LogP contribution >= 0.6 is 0 Å². The van der Waals surface area contributed by atoms with Crippen LogP contribution in [0.25, 0.3) is 0 Å². The van der Waals surface area contributed by atoms with Gasteiger partial charge in [0.25, 0.3) is 0 Å². The Balaban J connectivity index is 1.78. The fourth-order valence-corrected chi connectivity index (χ4v) is 4.47. The number of amides is 1. The molecule has 2 aromatic carbocycles. The fourth-order valence-electron chi connectivity index (χ4n) is 4.47. The third kappa shape index (κ3) is 4.56. The quantitative estimate of drug-likeness (QED) is 0.748. The summed E-state index contributed by atoms with van der Waals surface area (Å²) in [5.41, 5.74) is 4.45. The minimum Gasteiger partial charge on any atom is -0.497 e. The fraction of sp³-hybridized carbons (Fsp3) is 0.458. The first-order chi connectivity index (χ1) is 14.0. The average molecular weight is 397 g/mol. The molecule has 0 aromatic heterocycles. The Bertz CT molecular complexity index is 814. The Morgan fingerprint density at radius 3 is 2.48 bits per heavy atom. The van der Waals surface area contributed by atoms with Crippen LogP contribution in [0.2, 0.25) is 0 Å². The molecule has 5 nitrogen and oxygen atoms in total. The topological polar surface area (TPSA) is 61.8 Å². The van der Waals surface area contributed by atoms with Crippen molar-refractivity contribution in [3.63, 3.8) is 0 Å². The second-order valence-corrected chi connectivity index (χ2v) is 7.96. The summed E-state index contributed by atoms with van der Waals surface area (Å²) in [5, 5.41) is 12.8. The summed E-state index contributed by atoms with van der Waals surface area (Å²) in [6.45, 7) is 7.02. The van der Waals surface area contributed by atoms with Crippen molar-refractivity contribution in [2.24, 2.45) is 5.92 Å². The van der Waals surface area contributed by atoms with E-state index >= 15 is 0 Å². The maximum atomic E-state index is 13.1. The average Bonchev–Trinajstić information content (AvgIpc) is 3.20. The van der Waals surface area contributed by atoms with Crippen molar-refractivity contribution in [1.82, 2.24) is 5.32 Å². The zero-order valence-corrected chi connectivity index (χ0v) is 17.8. The van der Waals surface area contributed by atoms with Crippen LogP contribution < -0.4 is 15.0 Å². The van der Waals surface area contributed by atoms with E-state index in [1.165, 1.54) is 16.8 Å². The molecule has 1 aliphatic rings. The molecular weight excluding hydrogens is 364 g/mol. The lowest BCUT2D eigenvalue weighted by molar-refractivity contribution is -0.126. The molecule has 29 heavy (non-hydrogen) atoms. The number of hydrogen-bond acceptors (Lipinski definition) is 4. The molecule has 1 aliphatic heterocycles. The summed E-state index contributed by atoms with van der Waals surface area (Å²) in [6, 6.07) is 13.5. The van der Waals surface area contributed by atoms with Crippen LogP contribution in [0.1, 0.15) is 42.5 Å². The molecule has 0 radical (unpaired) electrons. The molecule has 0 unspecified atom stereocenters. The molecule has 5 heteroatoms. The summed E-state index contributed by atoms with van der Waals surface area (Å²) >= 11 is 0. The number of aliphatic hydroxyl groups excluding tert-OH is 1. The van der Waals surface area contributed by atoms with Gasteiger partial charge in [-0.15, -0.1) is 0 Å². The summed E-state index contributed by atoms with van der Waals surface area (Å²) < 4.78 is 5.40. The summed E-state index contributed by atoms with van der Waals surface area (Å²) in [7, 11) is 1.68. The van der Waals surface area contributed by atoms with Crippen molar-refractivity contribution in [1.29, 1.82) is 0 Å². The van der Waals surface area contributed by atoms with Gasteiger partial charge in [0.15, 0.2) is 0 Å². The SMILES string of the molecule is COc1cc(C)c(N2CCC[C@@H]2[C@@H](C)C(=O)N[C@@H](CO)c2ccccc2)c(C)c1. The van der Waals surface area contributed by atoms with Crippen molar-refractivity contribution in [2.75, 3.05) is 25.2 Å². The van der Waals surface area contributed by atoms with Crippen LogP contribution in [-0.2, 0) is 4.79 Å². The second-order valence-electron chi connectivity index (χ2n) is 7.96. The number of methoxy groups -OCH3 is 1. The van der Waals surface area contributed by atoms with E-state index < -0.39 is 0 Å². The lowest BCUT2D eigenvalue weighted by Crippen LogP contribution is -2.44. The van der Waals surface area contributed by atoms with Crippen LogP contribution in [-0.4, -0.2) is 37.3 Å². The molecular formula is C24H32N2O3. The summed E-state index contributed by atoms with van der Waals surface area (Å²) in [4.78, 5) is 15.4. The van der Waals surface area contributed by atoms with Crippen molar-refractivity contribution >= 4 is 11.6 Å². The highest BCUT2D eigenvalue weighted by Crippen LogP contribution is 2.36. The van der Waals surface area contributed by atoms with Crippen molar-refractivity contribution in [3.05, 3.63) is 59.2 Å². The molecule has 0 bridgehead atoms. The Morgan fingerprint density at radius 2 is 1.90 bits per heavy atom. The number of rotatable bonds is 7. The van der Waals surface area contributed by atoms with Gasteiger partial charge in [0, 0.05) is 18.3 Å². The van der Waals surface area contributed by atoms with E-state index in [4.69, 9.17) is 4.74 Å². The van der Waals surface area contributed by atoms with E-state index in [2.05, 4.69) is 36.2 Å². The van der Waals surface area contributed by atoms with Gasteiger partial charge in [-0.25, -0.2) is 0 Å². The number of aryl methyl sites for hydroxylation is 2. The second kappa shape index (κ2) is 9.31. The zero-order chi connectivity index (χ0) is 21.0. The van der Waals surface area contributed by atoms with Gasteiger partial charge in [-0.1, -0.05) is 37.3 Å². The molecule has 1 amide bonds. The van der Waals surface area contributed by atoms with Crippen molar-refractivity contribution in [3.8, 4) is 5.75 Å². The highest BCUT2D eigenvalue weighted by Gasteiger charge is 2.35.